The first-order chi connectivity index (χ1) is 8.38. The topological polar surface area (TPSA) is 83.5 Å². The number of hydrogen-bond donors (Lipinski definition) is 3. The van der Waals surface area contributed by atoms with Crippen LogP contribution in [-0.2, 0) is 23.0 Å². The highest BCUT2D eigenvalue weighted by Crippen LogP contribution is 2.19. The molecule has 0 radical (unpaired) electrons. The monoisotopic (exact) mass is 271 g/mol. The fraction of sp³-hybridized carbons (Fsp3) is 0.417. The Hall–Kier alpha value is -1.56. The minimum Gasteiger partial charge on any atom is -0.465 e. The van der Waals surface area contributed by atoms with Gasteiger partial charge in [0.1, 0.15) is 10.7 Å². The maximum absolute atomic E-state index is 10.8. The largest absolute Gasteiger partial charge is 0.465 e. The maximum Gasteiger partial charge on any atom is 0.404 e. The summed E-state index contributed by atoms with van der Waals surface area (Å²) in [5.74, 6) is 0.244. The molecule has 0 aliphatic heterocycles. The van der Waals surface area contributed by atoms with Gasteiger partial charge in [0.25, 0.3) is 0 Å². The van der Waals surface area contributed by atoms with Crippen LogP contribution in [0.4, 0.5) is 4.79 Å². The average Bonchev–Trinajstić information content (AvgIpc) is 2.25. The van der Waals surface area contributed by atoms with Crippen molar-refractivity contribution in [1.82, 2.24) is 5.32 Å². The van der Waals surface area contributed by atoms with Crippen LogP contribution in [0, 0.1) is 0 Å². The Morgan fingerprint density at radius 3 is 2.39 bits per heavy atom. The Morgan fingerprint density at radius 2 is 1.89 bits per heavy atom. The van der Waals surface area contributed by atoms with Crippen molar-refractivity contribution >= 4 is 16.8 Å². The summed E-state index contributed by atoms with van der Waals surface area (Å²) in [6.45, 7) is 4.19. The van der Waals surface area contributed by atoms with Crippen LogP contribution in [0.15, 0.2) is 18.2 Å². The number of benzene rings is 1. The Kier molecular flexibility index (Phi) is 5.15. The molecule has 0 aromatic heterocycles. The van der Waals surface area contributed by atoms with E-state index in [2.05, 4.69) is 5.32 Å². The highest BCUT2D eigenvalue weighted by Gasteiger charge is 2.06. The Morgan fingerprint density at radius 1 is 1.28 bits per heavy atom. The van der Waals surface area contributed by atoms with Crippen LogP contribution >= 0.6 is 0 Å². The summed E-state index contributed by atoms with van der Waals surface area (Å²) in [6, 6.07) is 5.45. The summed E-state index contributed by atoms with van der Waals surface area (Å²) in [4.78, 5) is 10.4. The first-order valence-electron chi connectivity index (χ1n) is 5.60. The van der Waals surface area contributed by atoms with E-state index in [-0.39, 0.29) is 18.2 Å². The second kappa shape index (κ2) is 6.39. The fourth-order valence-corrected chi connectivity index (χ4v) is 2.13. The van der Waals surface area contributed by atoms with E-state index < -0.39 is 16.8 Å². The minimum absolute atomic E-state index is 0.0179. The van der Waals surface area contributed by atoms with Crippen LogP contribution in [0.3, 0.4) is 0 Å². The second-order valence-electron chi connectivity index (χ2n) is 4.39. The molecule has 18 heavy (non-hydrogen) atoms. The Labute approximate surface area is 108 Å². The molecule has 6 heteroatoms. The third-order valence-electron chi connectivity index (χ3n) is 2.50. The third kappa shape index (κ3) is 4.75. The van der Waals surface area contributed by atoms with Crippen LogP contribution in [0.2, 0.25) is 0 Å². The molecule has 0 spiro atoms. The van der Waals surface area contributed by atoms with Gasteiger partial charge in [-0.3, -0.25) is 0 Å². The minimum atomic E-state index is -2.48. The van der Waals surface area contributed by atoms with E-state index in [0.29, 0.717) is 5.56 Å². The quantitative estimate of drug-likeness (QED) is 0.712. The summed E-state index contributed by atoms with van der Waals surface area (Å²) in [5, 5.41) is 10.8. The van der Waals surface area contributed by atoms with E-state index in [1.807, 2.05) is 26.0 Å². The van der Waals surface area contributed by atoms with Crippen molar-refractivity contribution < 1.29 is 18.3 Å². The third-order valence-corrected chi connectivity index (χ3v) is 3.12. The average molecular weight is 271 g/mol. The Bertz CT molecular complexity index is 501. The van der Waals surface area contributed by atoms with E-state index in [0.717, 1.165) is 11.1 Å². The van der Waals surface area contributed by atoms with Crippen molar-refractivity contribution in [3.63, 3.8) is 0 Å². The van der Waals surface area contributed by atoms with E-state index in [1.165, 1.54) is 0 Å². The van der Waals surface area contributed by atoms with Gasteiger partial charge in [0, 0.05) is 6.54 Å². The number of amides is 1. The smallest absolute Gasteiger partial charge is 0.404 e. The van der Waals surface area contributed by atoms with Gasteiger partial charge in [0.05, 0.1) is 5.75 Å². The van der Waals surface area contributed by atoms with Crippen LogP contribution in [0.1, 0.15) is 36.5 Å². The number of thiol groups is 1. The highest BCUT2D eigenvalue weighted by molar-refractivity contribution is 7.71. The molecule has 0 bridgehead atoms. The lowest BCUT2D eigenvalue weighted by atomic mass is 9.98. The van der Waals surface area contributed by atoms with Gasteiger partial charge in [-0.25, -0.2) is 13.2 Å². The number of carbonyl (C=O) groups is 1. The summed E-state index contributed by atoms with van der Waals surface area (Å²) < 4.78 is 21.5. The summed E-state index contributed by atoms with van der Waals surface area (Å²) in [5.41, 5.74) is 2.47. The van der Waals surface area contributed by atoms with Crippen molar-refractivity contribution in [2.45, 2.75) is 32.1 Å². The van der Waals surface area contributed by atoms with Crippen molar-refractivity contribution in [2.24, 2.45) is 0 Å². The first kappa shape index (κ1) is 14.5. The van der Waals surface area contributed by atoms with E-state index in [9.17, 15) is 13.2 Å². The normalized spacial score (nSPS) is 10.9. The van der Waals surface area contributed by atoms with Crippen LogP contribution in [0.25, 0.3) is 0 Å². The molecule has 100 valence electrons. The van der Waals surface area contributed by atoms with Crippen molar-refractivity contribution in [2.75, 3.05) is 0 Å². The van der Waals surface area contributed by atoms with Crippen LogP contribution in [0.5, 0.6) is 0 Å². The second-order valence-corrected chi connectivity index (χ2v) is 5.37. The molecular weight excluding hydrogens is 254 g/mol. The van der Waals surface area contributed by atoms with Gasteiger partial charge < -0.3 is 10.4 Å². The van der Waals surface area contributed by atoms with Gasteiger partial charge in [-0.15, -0.1) is 0 Å². The number of rotatable bonds is 5. The SMILES string of the molecule is CC(C)c1cc(CNC(=O)O)cc(C[SH](=O)=O)c1. The zero-order chi connectivity index (χ0) is 13.7. The molecule has 5 nitrogen and oxygen atoms in total. The molecule has 0 aliphatic carbocycles. The van der Waals surface area contributed by atoms with Gasteiger partial charge in [-0.2, -0.15) is 0 Å². The lowest BCUT2D eigenvalue weighted by Crippen LogP contribution is -2.20. The molecule has 0 saturated heterocycles. The van der Waals surface area contributed by atoms with Crippen molar-refractivity contribution in [3.05, 3.63) is 34.9 Å². The first-order valence-corrected chi connectivity index (χ1v) is 6.96. The molecule has 0 saturated carbocycles. The Balaban J connectivity index is 3.01. The van der Waals surface area contributed by atoms with Gasteiger partial charge in [-0.05, 0) is 22.6 Å². The lowest BCUT2D eigenvalue weighted by Gasteiger charge is -2.11. The predicted octanol–water partition coefficient (Wildman–Crippen LogP) is 1.69. The zero-order valence-electron chi connectivity index (χ0n) is 10.3. The molecule has 0 aliphatic rings. The molecule has 1 amide bonds. The van der Waals surface area contributed by atoms with Crippen LogP contribution in [-0.4, -0.2) is 19.6 Å². The number of nitrogens with one attached hydrogen (secondary N) is 1. The summed E-state index contributed by atoms with van der Waals surface area (Å²) in [7, 11) is -2.48. The molecule has 2 N–H and O–H groups in total. The molecule has 0 fully saturated rings. The van der Waals surface area contributed by atoms with Gasteiger partial charge in [-0.1, -0.05) is 32.0 Å². The van der Waals surface area contributed by atoms with E-state index in [1.54, 1.807) is 6.07 Å². The molecule has 0 heterocycles. The fourth-order valence-electron chi connectivity index (χ4n) is 1.64. The number of hydrogen-bond acceptors (Lipinski definition) is 3. The van der Waals surface area contributed by atoms with Crippen molar-refractivity contribution in [1.29, 1.82) is 0 Å². The molecule has 1 aromatic carbocycles. The maximum atomic E-state index is 10.8. The molecule has 1 aromatic rings. The lowest BCUT2D eigenvalue weighted by molar-refractivity contribution is 0.194. The van der Waals surface area contributed by atoms with E-state index in [4.69, 9.17) is 5.11 Å². The molecule has 0 unspecified atom stereocenters. The summed E-state index contributed by atoms with van der Waals surface area (Å²) >= 11 is 0. The number of carboxylic acid groups (broad SMARTS) is 1. The molecule has 0 atom stereocenters. The molecular formula is C12H17NO4S. The van der Waals surface area contributed by atoms with Gasteiger partial charge in [0.15, 0.2) is 0 Å². The van der Waals surface area contributed by atoms with E-state index >= 15 is 0 Å². The summed E-state index contributed by atoms with van der Waals surface area (Å²) in [6.07, 6.45) is -1.10. The van der Waals surface area contributed by atoms with Crippen molar-refractivity contribution in [3.8, 4) is 0 Å². The predicted molar refractivity (Wildman–Crippen MR) is 69.4 cm³/mol. The van der Waals surface area contributed by atoms with Crippen LogP contribution < -0.4 is 5.32 Å². The zero-order valence-corrected chi connectivity index (χ0v) is 11.2. The highest BCUT2D eigenvalue weighted by atomic mass is 32.2. The van der Waals surface area contributed by atoms with Gasteiger partial charge >= 0.3 is 6.09 Å². The standard InChI is InChI=1S/C12H17NO4S/c1-8(2)11-4-9(6-13-12(14)15)3-10(5-11)7-18(16)17/h3-5,8,13,18H,6-7H2,1-2H3,(H,14,15). The van der Waals surface area contributed by atoms with Gasteiger partial charge in [0.2, 0.25) is 0 Å². The molecule has 1 rings (SSSR count).